The third-order valence-corrected chi connectivity index (χ3v) is 5.24. The predicted octanol–water partition coefficient (Wildman–Crippen LogP) is 2.94. The lowest BCUT2D eigenvalue weighted by Crippen LogP contribution is -2.50. The van der Waals surface area contributed by atoms with Crippen LogP contribution in [0.3, 0.4) is 0 Å². The van der Waals surface area contributed by atoms with Crippen LogP contribution in [0.1, 0.15) is 22.0 Å². The number of fused-ring (bicyclic) bond motifs is 1. The van der Waals surface area contributed by atoms with Crippen molar-refractivity contribution in [3.63, 3.8) is 0 Å². The molecule has 0 bridgehead atoms. The Morgan fingerprint density at radius 1 is 1.11 bits per heavy atom. The van der Waals surface area contributed by atoms with Crippen LogP contribution in [-0.2, 0) is 0 Å². The summed E-state index contributed by atoms with van der Waals surface area (Å²) in [5, 5.41) is 0.573. The van der Waals surface area contributed by atoms with Gasteiger partial charge in [-0.05, 0) is 42.8 Å². The number of carbonyl (C=O) groups excluding carboxylic acids is 1. The van der Waals surface area contributed by atoms with E-state index in [1.165, 1.54) is 30.3 Å². The minimum Gasteiger partial charge on any atom is -0.335 e. The van der Waals surface area contributed by atoms with Crippen LogP contribution in [0, 0.1) is 11.6 Å². The Bertz CT molecular complexity index is 1110. The topological polar surface area (TPSA) is 56.4 Å². The second kappa shape index (κ2) is 7.16. The first-order chi connectivity index (χ1) is 13.4. The van der Waals surface area contributed by atoms with Crippen LogP contribution in [0.2, 0.25) is 0 Å². The van der Waals surface area contributed by atoms with Gasteiger partial charge in [-0.3, -0.25) is 14.5 Å². The number of hydrogen-bond donors (Lipinski definition) is 1. The molecule has 28 heavy (non-hydrogen) atoms. The van der Waals surface area contributed by atoms with Crippen LogP contribution in [-0.4, -0.2) is 47.4 Å². The second-order valence-electron chi connectivity index (χ2n) is 7.01. The normalized spacial score (nSPS) is 17.8. The quantitative estimate of drug-likeness (QED) is 0.740. The molecule has 1 unspecified atom stereocenters. The number of benzene rings is 2. The van der Waals surface area contributed by atoms with Gasteiger partial charge in [0.1, 0.15) is 17.2 Å². The molecular weight excluding hydrogens is 364 g/mol. The molecule has 0 spiro atoms. The smallest absolute Gasteiger partial charge is 0.261 e. The summed E-state index contributed by atoms with van der Waals surface area (Å²) >= 11 is 0. The lowest BCUT2D eigenvalue weighted by atomic mass is 10.0. The number of rotatable bonds is 2. The third kappa shape index (κ3) is 3.29. The fraction of sp³-hybridized carbons (Fsp3) is 0.238. The maximum Gasteiger partial charge on any atom is 0.261 e. The second-order valence-corrected chi connectivity index (χ2v) is 7.01. The molecule has 2 heterocycles. The first-order valence-corrected chi connectivity index (χ1v) is 9.00. The molecule has 1 fully saturated rings. The van der Waals surface area contributed by atoms with Crippen molar-refractivity contribution in [2.45, 2.75) is 6.04 Å². The number of hydrogen-bond acceptors (Lipinski definition) is 3. The zero-order valence-electron chi connectivity index (χ0n) is 15.3. The van der Waals surface area contributed by atoms with E-state index in [9.17, 15) is 18.4 Å². The van der Waals surface area contributed by atoms with Gasteiger partial charge in [-0.2, -0.15) is 0 Å². The van der Waals surface area contributed by atoms with E-state index in [0.29, 0.717) is 29.6 Å². The number of aromatic amines is 1. The van der Waals surface area contributed by atoms with Gasteiger partial charge >= 0.3 is 0 Å². The number of H-pyrrole nitrogens is 1. The van der Waals surface area contributed by atoms with E-state index in [2.05, 4.69) is 4.98 Å². The van der Waals surface area contributed by atoms with Crippen molar-refractivity contribution in [3.05, 3.63) is 81.6 Å². The zero-order valence-corrected chi connectivity index (χ0v) is 15.3. The maximum atomic E-state index is 14.3. The molecule has 7 heteroatoms. The summed E-state index contributed by atoms with van der Waals surface area (Å²) in [6, 6.07) is 11.7. The van der Waals surface area contributed by atoms with Crippen molar-refractivity contribution in [2.24, 2.45) is 0 Å². The van der Waals surface area contributed by atoms with E-state index >= 15 is 0 Å². The summed E-state index contributed by atoms with van der Waals surface area (Å²) < 4.78 is 27.6. The monoisotopic (exact) mass is 383 g/mol. The van der Waals surface area contributed by atoms with Gasteiger partial charge in [-0.15, -0.1) is 0 Å². The van der Waals surface area contributed by atoms with Gasteiger partial charge < -0.3 is 9.88 Å². The molecule has 144 valence electrons. The van der Waals surface area contributed by atoms with Crippen molar-refractivity contribution in [3.8, 4) is 0 Å². The van der Waals surface area contributed by atoms with E-state index in [-0.39, 0.29) is 24.0 Å². The van der Waals surface area contributed by atoms with Crippen molar-refractivity contribution < 1.29 is 13.6 Å². The number of amides is 1. The Hall–Kier alpha value is -3.06. The van der Waals surface area contributed by atoms with Crippen LogP contribution < -0.4 is 5.56 Å². The Kier molecular flexibility index (Phi) is 4.68. The molecule has 1 aliphatic heterocycles. The standard InChI is InChI=1S/C21H19F2N3O2/c1-25-8-9-26(12-19(25)15-4-2-3-5-17(15)23)21(28)16-10-13-6-7-14(22)11-18(13)24-20(16)27/h2-7,10-11,19H,8-9,12H2,1H3,(H,24,27). The Morgan fingerprint density at radius 3 is 2.68 bits per heavy atom. The molecule has 3 aromatic rings. The molecule has 1 atom stereocenters. The molecule has 2 aromatic carbocycles. The number of halogens is 2. The minimum atomic E-state index is -0.565. The highest BCUT2D eigenvalue weighted by Crippen LogP contribution is 2.27. The molecule has 1 aliphatic rings. The average Bonchev–Trinajstić information content (AvgIpc) is 2.68. The summed E-state index contributed by atoms with van der Waals surface area (Å²) in [4.78, 5) is 31.6. The van der Waals surface area contributed by atoms with Gasteiger partial charge in [0.15, 0.2) is 0 Å². The van der Waals surface area contributed by atoms with E-state index < -0.39 is 17.3 Å². The molecule has 5 nitrogen and oxygen atoms in total. The fourth-order valence-electron chi connectivity index (χ4n) is 3.64. The van der Waals surface area contributed by atoms with Gasteiger partial charge in [0.25, 0.3) is 11.5 Å². The number of carbonyl (C=O) groups is 1. The van der Waals surface area contributed by atoms with Gasteiger partial charge in [0.05, 0.1) is 11.6 Å². The van der Waals surface area contributed by atoms with Crippen molar-refractivity contribution in [2.75, 3.05) is 26.7 Å². The number of aromatic nitrogens is 1. The SMILES string of the molecule is CN1CCN(C(=O)c2cc3ccc(F)cc3[nH]c2=O)CC1c1ccccc1F. The highest BCUT2D eigenvalue weighted by molar-refractivity contribution is 5.97. The molecule has 1 amide bonds. The summed E-state index contributed by atoms with van der Waals surface area (Å²) in [5.74, 6) is -1.20. The number of likely N-dealkylation sites (N-methyl/N-ethyl adjacent to an activating group) is 1. The predicted molar refractivity (Wildman–Crippen MR) is 102 cm³/mol. The van der Waals surface area contributed by atoms with Crippen LogP contribution in [0.25, 0.3) is 10.9 Å². The van der Waals surface area contributed by atoms with Crippen molar-refractivity contribution >= 4 is 16.8 Å². The van der Waals surface area contributed by atoms with Crippen LogP contribution in [0.15, 0.2) is 53.3 Å². The summed E-state index contributed by atoms with van der Waals surface area (Å²) in [5.41, 5.74) is 0.287. The molecular formula is C21H19F2N3O2. The van der Waals surface area contributed by atoms with Gasteiger partial charge in [0.2, 0.25) is 0 Å². The van der Waals surface area contributed by atoms with E-state index in [0.717, 1.165) is 0 Å². The number of piperazine rings is 1. The molecule has 0 radical (unpaired) electrons. The molecule has 0 aliphatic carbocycles. The lowest BCUT2D eigenvalue weighted by Gasteiger charge is -2.39. The first kappa shape index (κ1) is 18.3. The minimum absolute atomic E-state index is 0.00375. The van der Waals surface area contributed by atoms with E-state index in [1.807, 2.05) is 11.9 Å². The summed E-state index contributed by atoms with van der Waals surface area (Å²) in [7, 11) is 1.89. The van der Waals surface area contributed by atoms with Gasteiger partial charge in [-0.25, -0.2) is 8.78 Å². The largest absolute Gasteiger partial charge is 0.335 e. The number of nitrogens with zero attached hydrogens (tertiary/aromatic N) is 2. The Morgan fingerprint density at radius 2 is 1.89 bits per heavy atom. The lowest BCUT2D eigenvalue weighted by molar-refractivity contribution is 0.0539. The summed E-state index contributed by atoms with van der Waals surface area (Å²) in [6.45, 7) is 1.26. The third-order valence-electron chi connectivity index (χ3n) is 5.24. The zero-order chi connectivity index (χ0) is 19.8. The van der Waals surface area contributed by atoms with E-state index in [4.69, 9.17) is 0 Å². The van der Waals surface area contributed by atoms with Crippen molar-refractivity contribution in [1.29, 1.82) is 0 Å². The number of pyridine rings is 1. The Labute approximate surface area is 160 Å². The highest BCUT2D eigenvalue weighted by atomic mass is 19.1. The highest BCUT2D eigenvalue weighted by Gasteiger charge is 2.31. The average molecular weight is 383 g/mol. The Balaban J connectivity index is 1.66. The molecule has 1 saturated heterocycles. The van der Waals surface area contributed by atoms with Crippen LogP contribution >= 0.6 is 0 Å². The van der Waals surface area contributed by atoms with Crippen LogP contribution in [0.5, 0.6) is 0 Å². The van der Waals surface area contributed by atoms with Crippen molar-refractivity contribution in [1.82, 2.24) is 14.8 Å². The number of nitrogens with one attached hydrogen (secondary N) is 1. The first-order valence-electron chi connectivity index (χ1n) is 9.00. The summed E-state index contributed by atoms with van der Waals surface area (Å²) in [6.07, 6.45) is 0. The van der Waals surface area contributed by atoms with Gasteiger partial charge in [0, 0.05) is 25.2 Å². The van der Waals surface area contributed by atoms with Crippen LogP contribution in [0.4, 0.5) is 8.78 Å². The maximum absolute atomic E-state index is 14.3. The van der Waals surface area contributed by atoms with E-state index in [1.54, 1.807) is 23.1 Å². The fourth-order valence-corrected chi connectivity index (χ4v) is 3.64. The molecule has 4 rings (SSSR count). The molecule has 1 aromatic heterocycles. The molecule has 0 saturated carbocycles. The van der Waals surface area contributed by atoms with Gasteiger partial charge in [-0.1, -0.05) is 18.2 Å². The molecule has 1 N–H and O–H groups in total.